The maximum atomic E-state index is 11.3. The molecule has 4 heteroatoms. The van der Waals surface area contributed by atoms with Gasteiger partial charge < -0.3 is 0 Å². The van der Waals surface area contributed by atoms with Crippen LogP contribution in [0.25, 0.3) is 11.1 Å². The van der Waals surface area contributed by atoms with Gasteiger partial charge in [-0.2, -0.15) is 0 Å². The molecule has 0 saturated carbocycles. The number of rotatable bonds is 1. The van der Waals surface area contributed by atoms with Crippen molar-refractivity contribution in [1.82, 2.24) is 0 Å². The van der Waals surface area contributed by atoms with Crippen LogP contribution in [0.3, 0.4) is 0 Å². The van der Waals surface area contributed by atoms with Gasteiger partial charge in [0.2, 0.25) is 10.0 Å². The SMILES string of the molecule is NS(=O)(=O)c1ccc2c(c1)-c1ccccc1C2. The first kappa shape index (κ1) is 10.5. The maximum Gasteiger partial charge on any atom is 0.238 e. The number of hydrogen-bond acceptors (Lipinski definition) is 2. The van der Waals surface area contributed by atoms with Crippen molar-refractivity contribution in [3.63, 3.8) is 0 Å². The van der Waals surface area contributed by atoms with Crippen LogP contribution in [0.2, 0.25) is 0 Å². The lowest BCUT2D eigenvalue weighted by Crippen LogP contribution is -2.12. The van der Waals surface area contributed by atoms with E-state index in [4.69, 9.17) is 5.14 Å². The molecule has 86 valence electrons. The Morgan fingerprint density at radius 1 is 0.941 bits per heavy atom. The standard InChI is InChI=1S/C13H11NO2S/c14-17(15,16)11-6-5-10-7-9-3-1-2-4-12(9)13(10)8-11/h1-6,8H,7H2,(H2,14,15,16). The Morgan fingerprint density at radius 2 is 1.65 bits per heavy atom. The summed E-state index contributed by atoms with van der Waals surface area (Å²) in [4.78, 5) is 0.174. The van der Waals surface area contributed by atoms with Crippen molar-refractivity contribution in [3.8, 4) is 11.1 Å². The van der Waals surface area contributed by atoms with Crippen molar-refractivity contribution in [2.45, 2.75) is 11.3 Å². The molecule has 0 bridgehead atoms. The van der Waals surface area contributed by atoms with Crippen LogP contribution < -0.4 is 5.14 Å². The zero-order valence-electron chi connectivity index (χ0n) is 9.05. The molecule has 1 aliphatic rings. The predicted molar refractivity (Wildman–Crippen MR) is 66.1 cm³/mol. The van der Waals surface area contributed by atoms with Gasteiger partial charge in [0.25, 0.3) is 0 Å². The van der Waals surface area contributed by atoms with Crippen molar-refractivity contribution in [1.29, 1.82) is 0 Å². The molecule has 0 atom stereocenters. The first-order chi connectivity index (χ1) is 8.05. The highest BCUT2D eigenvalue weighted by Crippen LogP contribution is 2.37. The van der Waals surface area contributed by atoms with E-state index in [9.17, 15) is 8.42 Å². The summed E-state index contributed by atoms with van der Waals surface area (Å²) in [6, 6.07) is 13.1. The van der Waals surface area contributed by atoms with Crippen LogP contribution >= 0.6 is 0 Å². The normalized spacial score (nSPS) is 13.2. The van der Waals surface area contributed by atoms with Crippen molar-refractivity contribution >= 4 is 10.0 Å². The molecule has 3 nitrogen and oxygen atoms in total. The number of hydrogen-bond donors (Lipinski definition) is 1. The van der Waals surface area contributed by atoms with E-state index in [-0.39, 0.29) is 4.90 Å². The molecule has 2 aromatic carbocycles. The molecule has 2 N–H and O–H groups in total. The second-order valence-corrected chi connectivity index (χ2v) is 5.76. The summed E-state index contributed by atoms with van der Waals surface area (Å²) in [6.07, 6.45) is 0.858. The number of benzene rings is 2. The number of fused-ring (bicyclic) bond motifs is 3. The van der Waals surface area contributed by atoms with E-state index in [1.807, 2.05) is 24.3 Å². The molecule has 0 unspecified atom stereocenters. The molecule has 2 aromatic rings. The first-order valence-electron chi connectivity index (χ1n) is 5.30. The topological polar surface area (TPSA) is 60.2 Å². The molecule has 0 saturated heterocycles. The molecule has 0 amide bonds. The van der Waals surface area contributed by atoms with E-state index >= 15 is 0 Å². The van der Waals surface area contributed by atoms with Crippen LogP contribution in [0, 0.1) is 0 Å². The lowest BCUT2D eigenvalue weighted by molar-refractivity contribution is 0.598. The van der Waals surface area contributed by atoms with E-state index in [0.717, 1.165) is 23.1 Å². The monoisotopic (exact) mass is 245 g/mol. The lowest BCUT2D eigenvalue weighted by Gasteiger charge is -2.03. The van der Waals surface area contributed by atoms with Crippen LogP contribution in [-0.2, 0) is 16.4 Å². The van der Waals surface area contributed by atoms with Gasteiger partial charge in [-0.05, 0) is 40.8 Å². The summed E-state index contributed by atoms with van der Waals surface area (Å²) in [7, 11) is -3.63. The third-order valence-electron chi connectivity index (χ3n) is 3.10. The van der Waals surface area contributed by atoms with Gasteiger partial charge in [0.1, 0.15) is 0 Å². The predicted octanol–water partition coefficient (Wildman–Crippen LogP) is 1.91. The zero-order valence-corrected chi connectivity index (χ0v) is 9.87. The third kappa shape index (κ3) is 1.66. The summed E-state index contributed by atoms with van der Waals surface area (Å²) in [5.74, 6) is 0. The number of primary sulfonamides is 1. The molecular weight excluding hydrogens is 234 g/mol. The molecule has 3 rings (SSSR count). The molecule has 0 fully saturated rings. The molecule has 1 aliphatic carbocycles. The van der Waals surface area contributed by atoms with E-state index < -0.39 is 10.0 Å². The second-order valence-electron chi connectivity index (χ2n) is 4.20. The van der Waals surface area contributed by atoms with Gasteiger partial charge in [0.05, 0.1) is 4.90 Å². The highest BCUT2D eigenvalue weighted by molar-refractivity contribution is 7.89. The molecule has 0 spiro atoms. The van der Waals surface area contributed by atoms with E-state index in [1.54, 1.807) is 12.1 Å². The summed E-state index contributed by atoms with van der Waals surface area (Å²) in [6.45, 7) is 0. The minimum absolute atomic E-state index is 0.174. The Labute approximate surface area is 99.9 Å². The van der Waals surface area contributed by atoms with Crippen LogP contribution in [0.4, 0.5) is 0 Å². The maximum absolute atomic E-state index is 11.3. The van der Waals surface area contributed by atoms with Gasteiger partial charge in [-0.25, -0.2) is 13.6 Å². The average molecular weight is 245 g/mol. The van der Waals surface area contributed by atoms with Gasteiger partial charge in [-0.1, -0.05) is 30.3 Å². The zero-order chi connectivity index (χ0) is 12.0. The second kappa shape index (κ2) is 3.42. The van der Waals surface area contributed by atoms with E-state index in [1.165, 1.54) is 5.56 Å². The third-order valence-corrected chi connectivity index (χ3v) is 4.01. The summed E-state index contributed by atoms with van der Waals surface area (Å²) >= 11 is 0. The molecule has 0 aliphatic heterocycles. The van der Waals surface area contributed by atoms with Gasteiger partial charge in [0, 0.05) is 0 Å². The minimum atomic E-state index is -3.63. The summed E-state index contributed by atoms with van der Waals surface area (Å²) in [5.41, 5.74) is 4.47. The van der Waals surface area contributed by atoms with Crippen LogP contribution in [0.1, 0.15) is 11.1 Å². The Balaban J connectivity index is 2.25. The fourth-order valence-corrected chi connectivity index (χ4v) is 2.82. The Morgan fingerprint density at radius 3 is 2.41 bits per heavy atom. The highest BCUT2D eigenvalue weighted by Gasteiger charge is 2.20. The molecule has 17 heavy (non-hydrogen) atoms. The molecular formula is C13H11NO2S. The Bertz CT molecular complexity index is 705. The van der Waals surface area contributed by atoms with Gasteiger partial charge >= 0.3 is 0 Å². The van der Waals surface area contributed by atoms with Gasteiger partial charge in [-0.15, -0.1) is 0 Å². The van der Waals surface area contributed by atoms with Gasteiger partial charge in [0.15, 0.2) is 0 Å². The molecule has 0 heterocycles. The fourth-order valence-electron chi connectivity index (χ4n) is 2.28. The molecule has 0 aromatic heterocycles. The minimum Gasteiger partial charge on any atom is -0.225 e. The summed E-state index contributed by atoms with van der Waals surface area (Å²) in [5, 5.41) is 5.14. The van der Waals surface area contributed by atoms with E-state index in [0.29, 0.717) is 0 Å². The molecule has 0 radical (unpaired) electrons. The quantitative estimate of drug-likeness (QED) is 0.712. The average Bonchev–Trinajstić information content (AvgIpc) is 2.65. The van der Waals surface area contributed by atoms with Crippen LogP contribution in [-0.4, -0.2) is 8.42 Å². The van der Waals surface area contributed by atoms with Crippen molar-refractivity contribution in [2.75, 3.05) is 0 Å². The van der Waals surface area contributed by atoms with Crippen molar-refractivity contribution in [2.24, 2.45) is 5.14 Å². The number of nitrogens with two attached hydrogens (primary N) is 1. The van der Waals surface area contributed by atoms with Crippen LogP contribution in [0.15, 0.2) is 47.4 Å². The lowest BCUT2D eigenvalue weighted by atomic mass is 10.1. The highest BCUT2D eigenvalue weighted by atomic mass is 32.2. The van der Waals surface area contributed by atoms with Gasteiger partial charge in [-0.3, -0.25) is 0 Å². The number of sulfonamides is 1. The fraction of sp³-hybridized carbons (Fsp3) is 0.0769. The van der Waals surface area contributed by atoms with E-state index in [2.05, 4.69) is 6.07 Å². The smallest absolute Gasteiger partial charge is 0.225 e. The van der Waals surface area contributed by atoms with Crippen molar-refractivity contribution in [3.05, 3.63) is 53.6 Å². The van der Waals surface area contributed by atoms with Crippen LogP contribution in [0.5, 0.6) is 0 Å². The Kier molecular flexibility index (Phi) is 2.11. The largest absolute Gasteiger partial charge is 0.238 e. The Hall–Kier alpha value is -1.65. The first-order valence-corrected chi connectivity index (χ1v) is 6.84. The summed E-state index contributed by atoms with van der Waals surface area (Å²) < 4.78 is 22.6. The van der Waals surface area contributed by atoms with Crippen molar-refractivity contribution < 1.29 is 8.42 Å².